The van der Waals surface area contributed by atoms with E-state index < -0.39 is 0 Å². The summed E-state index contributed by atoms with van der Waals surface area (Å²) in [6.07, 6.45) is 5.23. The molecule has 2 saturated heterocycles. The fourth-order valence-electron chi connectivity index (χ4n) is 3.14. The van der Waals surface area contributed by atoms with Crippen molar-refractivity contribution in [1.82, 2.24) is 16.0 Å². The molecule has 8 heteroatoms. The summed E-state index contributed by atoms with van der Waals surface area (Å²) in [5, 5.41) is 9.38. The number of amides is 3. The molecule has 2 fully saturated rings. The Hall–Kier alpha value is -0.660. The molecule has 2 heterocycles. The van der Waals surface area contributed by atoms with Gasteiger partial charge in [0, 0.05) is 29.5 Å². The van der Waals surface area contributed by atoms with Crippen LogP contribution in [0.2, 0.25) is 0 Å². The summed E-state index contributed by atoms with van der Waals surface area (Å²) in [5.41, 5.74) is 5.91. The van der Waals surface area contributed by atoms with E-state index in [9.17, 15) is 9.59 Å². The molecule has 3 amide bonds. The number of hydrogen-bond acceptors (Lipinski definition) is 4. The van der Waals surface area contributed by atoms with Gasteiger partial charge in [-0.3, -0.25) is 4.79 Å². The molecule has 0 aromatic carbocycles. The van der Waals surface area contributed by atoms with Crippen LogP contribution < -0.4 is 21.7 Å². The summed E-state index contributed by atoms with van der Waals surface area (Å²) in [4.78, 5) is 23.2. The smallest absolute Gasteiger partial charge is 0.315 e. The van der Waals surface area contributed by atoms with Gasteiger partial charge >= 0.3 is 6.03 Å². The van der Waals surface area contributed by atoms with Crippen LogP contribution in [0.25, 0.3) is 0 Å². The molecule has 2 aliphatic rings. The van der Waals surface area contributed by atoms with Gasteiger partial charge in [0.1, 0.15) is 0 Å². The Bertz CT molecular complexity index is 434. The van der Waals surface area contributed by atoms with Crippen LogP contribution in [-0.4, -0.2) is 47.1 Å². The Balaban J connectivity index is 0.00000288. The highest BCUT2D eigenvalue weighted by atomic mass is 35.5. The first kappa shape index (κ1) is 21.4. The van der Waals surface area contributed by atoms with Gasteiger partial charge in [-0.15, -0.1) is 12.4 Å². The highest BCUT2D eigenvalue weighted by Gasteiger charge is 2.42. The number of carbonyl (C=O) groups is 2. The molecular weight excluding hydrogens is 348 g/mol. The third-order valence-corrected chi connectivity index (χ3v) is 6.64. The third-order valence-electron chi connectivity index (χ3n) is 5.13. The number of nitrogens with two attached hydrogens (primary N) is 1. The van der Waals surface area contributed by atoms with E-state index in [-0.39, 0.29) is 42.0 Å². The molecule has 0 aromatic heterocycles. The second-order valence-corrected chi connectivity index (χ2v) is 7.99. The van der Waals surface area contributed by atoms with Crippen LogP contribution in [0, 0.1) is 0 Å². The number of fused-ring (bicyclic) bond motifs is 1. The van der Waals surface area contributed by atoms with E-state index in [0.29, 0.717) is 18.2 Å². The summed E-state index contributed by atoms with van der Waals surface area (Å²) in [5.74, 6) is 1.08. The van der Waals surface area contributed by atoms with E-state index >= 15 is 0 Å². The minimum atomic E-state index is -0.279. The normalized spacial score (nSPS) is 25.5. The monoisotopic (exact) mass is 378 g/mol. The van der Waals surface area contributed by atoms with Gasteiger partial charge in [-0.25, -0.2) is 4.79 Å². The zero-order valence-corrected chi connectivity index (χ0v) is 16.2. The van der Waals surface area contributed by atoms with Gasteiger partial charge in [0.15, 0.2) is 0 Å². The number of halogens is 1. The summed E-state index contributed by atoms with van der Waals surface area (Å²) in [7, 11) is 0. The van der Waals surface area contributed by atoms with Crippen LogP contribution in [0.15, 0.2) is 0 Å². The molecule has 6 nitrogen and oxygen atoms in total. The number of unbranched alkanes of at least 4 members (excludes halogenated alkanes) is 1. The number of nitrogens with one attached hydrogen (secondary N) is 3. The van der Waals surface area contributed by atoms with Crippen molar-refractivity contribution in [2.24, 2.45) is 5.73 Å². The maximum absolute atomic E-state index is 11.9. The van der Waals surface area contributed by atoms with E-state index in [2.05, 4.69) is 29.8 Å². The van der Waals surface area contributed by atoms with Crippen molar-refractivity contribution in [3.8, 4) is 0 Å². The zero-order valence-electron chi connectivity index (χ0n) is 14.6. The van der Waals surface area contributed by atoms with Crippen LogP contribution in [0.3, 0.4) is 0 Å². The predicted molar refractivity (Wildman–Crippen MR) is 102 cm³/mol. The van der Waals surface area contributed by atoms with Crippen LogP contribution in [0.1, 0.15) is 52.4 Å². The number of urea groups is 1. The molecule has 0 spiro atoms. The maximum atomic E-state index is 11.9. The van der Waals surface area contributed by atoms with E-state index in [1.54, 1.807) is 0 Å². The highest BCUT2D eigenvalue weighted by molar-refractivity contribution is 8.00. The quantitative estimate of drug-likeness (QED) is 0.363. The lowest BCUT2D eigenvalue weighted by Crippen LogP contribution is -2.49. The maximum Gasteiger partial charge on any atom is 0.315 e. The lowest BCUT2D eigenvalue weighted by Gasteiger charge is -2.26. The van der Waals surface area contributed by atoms with Gasteiger partial charge in [-0.2, -0.15) is 11.8 Å². The molecule has 0 saturated carbocycles. The lowest BCUT2D eigenvalue weighted by molar-refractivity contribution is -0.121. The van der Waals surface area contributed by atoms with Gasteiger partial charge in [-0.05, 0) is 25.7 Å². The molecule has 3 atom stereocenters. The summed E-state index contributed by atoms with van der Waals surface area (Å²) in [6.45, 7) is 4.66. The van der Waals surface area contributed by atoms with Gasteiger partial charge in [-0.1, -0.05) is 20.3 Å². The van der Waals surface area contributed by atoms with Crippen molar-refractivity contribution < 1.29 is 9.59 Å². The minimum Gasteiger partial charge on any atom is -0.354 e. The average Bonchev–Trinajstić information content (AvgIpc) is 3.08. The molecule has 0 radical (unpaired) electrons. The first-order chi connectivity index (χ1) is 11.0. The fraction of sp³-hybridized carbons (Fsp3) is 0.875. The van der Waals surface area contributed by atoms with Gasteiger partial charge < -0.3 is 21.7 Å². The highest BCUT2D eigenvalue weighted by Crippen LogP contribution is 2.33. The summed E-state index contributed by atoms with van der Waals surface area (Å²) < 4.78 is 0. The largest absolute Gasteiger partial charge is 0.354 e. The van der Waals surface area contributed by atoms with Crippen molar-refractivity contribution in [2.75, 3.05) is 12.3 Å². The van der Waals surface area contributed by atoms with Crippen LogP contribution in [0.4, 0.5) is 4.79 Å². The molecule has 0 unspecified atom stereocenters. The first-order valence-electron chi connectivity index (χ1n) is 8.71. The van der Waals surface area contributed by atoms with E-state index in [0.717, 1.165) is 37.9 Å². The van der Waals surface area contributed by atoms with Crippen molar-refractivity contribution in [3.63, 3.8) is 0 Å². The van der Waals surface area contributed by atoms with Crippen molar-refractivity contribution >= 4 is 36.1 Å². The summed E-state index contributed by atoms with van der Waals surface area (Å²) in [6, 6.07) is 0.497. The second kappa shape index (κ2) is 9.73. The van der Waals surface area contributed by atoms with E-state index in [1.165, 1.54) is 0 Å². The van der Waals surface area contributed by atoms with Gasteiger partial charge in [0.2, 0.25) is 5.91 Å². The van der Waals surface area contributed by atoms with Crippen molar-refractivity contribution in [2.45, 2.75) is 75.2 Å². The SMILES string of the molecule is CCC(N)(CC)CNC(=O)CCCC[C@@H]1SC[C@@H]2NC(=O)N[C@@H]21.Cl. The van der Waals surface area contributed by atoms with Gasteiger partial charge in [0.05, 0.1) is 12.1 Å². The molecule has 0 aliphatic carbocycles. The molecule has 24 heavy (non-hydrogen) atoms. The molecule has 140 valence electrons. The van der Waals surface area contributed by atoms with Crippen LogP contribution in [-0.2, 0) is 4.79 Å². The van der Waals surface area contributed by atoms with E-state index in [4.69, 9.17) is 5.73 Å². The van der Waals surface area contributed by atoms with Crippen molar-refractivity contribution in [1.29, 1.82) is 0 Å². The fourth-order valence-corrected chi connectivity index (χ4v) is 4.68. The van der Waals surface area contributed by atoms with Crippen LogP contribution in [0.5, 0.6) is 0 Å². The topological polar surface area (TPSA) is 96.2 Å². The average molecular weight is 379 g/mol. The van der Waals surface area contributed by atoms with E-state index in [1.807, 2.05) is 11.8 Å². The molecule has 2 aliphatic heterocycles. The summed E-state index contributed by atoms with van der Waals surface area (Å²) >= 11 is 1.92. The number of rotatable bonds is 9. The Labute approximate surface area is 155 Å². The third kappa shape index (κ3) is 5.70. The molecule has 2 rings (SSSR count). The number of thioether (sulfide) groups is 1. The molecular formula is C16H31ClN4O2S. The van der Waals surface area contributed by atoms with Crippen molar-refractivity contribution in [3.05, 3.63) is 0 Å². The Morgan fingerprint density at radius 1 is 1.33 bits per heavy atom. The minimum absolute atomic E-state index is 0. The zero-order chi connectivity index (χ0) is 16.9. The van der Waals surface area contributed by atoms with Crippen LogP contribution >= 0.6 is 24.2 Å². The Morgan fingerprint density at radius 3 is 2.71 bits per heavy atom. The second-order valence-electron chi connectivity index (χ2n) is 6.71. The predicted octanol–water partition coefficient (Wildman–Crippen LogP) is 1.77. The Kier molecular flexibility index (Phi) is 8.67. The Morgan fingerprint density at radius 2 is 2.04 bits per heavy atom. The number of carbonyl (C=O) groups excluding carboxylic acids is 2. The standard InChI is InChI=1S/C16H30N4O2S.ClH/c1-3-16(17,4-2)10-18-13(21)8-6-5-7-12-14-11(9-23-12)19-15(22)20-14;/h11-12,14H,3-10,17H2,1-2H3,(H,18,21)(H2,19,20,22);1H/t11-,12-,14-;/m0./s1. The molecule has 5 N–H and O–H groups in total. The number of hydrogen-bond donors (Lipinski definition) is 4. The lowest BCUT2D eigenvalue weighted by atomic mass is 9.94. The van der Waals surface area contributed by atoms with Gasteiger partial charge in [0.25, 0.3) is 0 Å². The molecule has 0 bridgehead atoms. The first-order valence-corrected chi connectivity index (χ1v) is 9.76. The molecule has 0 aromatic rings.